The van der Waals surface area contributed by atoms with E-state index in [0.29, 0.717) is 13.0 Å². The molecule has 1 saturated heterocycles. The molecule has 1 amide bonds. The zero-order valence-corrected chi connectivity index (χ0v) is 20.3. The van der Waals surface area contributed by atoms with Crippen molar-refractivity contribution < 1.29 is 44.2 Å². The summed E-state index contributed by atoms with van der Waals surface area (Å²) in [5.74, 6) is -4.25. The van der Waals surface area contributed by atoms with Crippen molar-refractivity contribution in [1.29, 1.82) is 0 Å². The van der Waals surface area contributed by atoms with Crippen LogP contribution in [0.4, 0.5) is 10.3 Å². The third-order valence-corrected chi connectivity index (χ3v) is 5.43. The predicted molar refractivity (Wildman–Crippen MR) is 127 cm³/mol. The van der Waals surface area contributed by atoms with Gasteiger partial charge in [-0.25, -0.2) is 24.4 Å². The van der Waals surface area contributed by atoms with Crippen LogP contribution in [0.15, 0.2) is 21.1 Å². The second-order valence-corrected chi connectivity index (χ2v) is 8.99. The molecule has 18 heteroatoms. The summed E-state index contributed by atoms with van der Waals surface area (Å²) < 4.78 is 0. The Morgan fingerprint density at radius 1 is 1.03 bits per heavy atom. The summed E-state index contributed by atoms with van der Waals surface area (Å²) in [6, 6.07) is 0. The summed E-state index contributed by atoms with van der Waals surface area (Å²) in [7, 11) is 0. The van der Waals surface area contributed by atoms with E-state index in [9.17, 15) is 19.2 Å². The maximum atomic E-state index is 11.2. The smallest absolute Gasteiger partial charge is 0.360 e. The fourth-order valence-corrected chi connectivity index (χ4v) is 3.27. The van der Waals surface area contributed by atoms with Gasteiger partial charge in [-0.3, -0.25) is 4.79 Å². The van der Waals surface area contributed by atoms with Crippen LogP contribution in [0.1, 0.15) is 31.7 Å². The predicted octanol–water partition coefficient (Wildman–Crippen LogP) is -0.187. The van der Waals surface area contributed by atoms with Gasteiger partial charge < -0.3 is 41.8 Å². The lowest BCUT2D eigenvalue weighted by atomic mass is 10.1. The number of carboxylic acids is 3. The number of hydrogen-bond donors (Lipinski definition) is 6. The number of nitrogen functional groups attached to an aromatic ring is 2. The van der Waals surface area contributed by atoms with Crippen LogP contribution < -0.4 is 16.8 Å². The van der Waals surface area contributed by atoms with Gasteiger partial charge in [0.1, 0.15) is 11.4 Å². The van der Waals surface area contributed by atoms with Gasteiger partial charge in [0.25, 0.3) is 5.91 Å². The number of thiazole rings is 2. The fraction of sp³-hybridized carbons (Fsp3) is 0.333. The van der Waals surface area contributed by atoms with Crippen LogP contribution in [0, 0.1) is 0 Å². The molecule has 0 bridgehead atoms. The third kappa shape index (κ3) is 7.60. The van der Waals surface area contributed by atoms with E-state index in [-0.39, 0.29) is 33.3 Å². The van der Waals surface area contributed by atoms with E-state index >= 15 is 0 Å². The zero-order valence-electron chi connectivity index (χ0n) is 18.7. The first-order valence-electron chi connectivity index (χ1n) is 9.72. The van der Waals surface area contributed by atoms with Crippen molar-refractivity contribution in [2.45, 2.75) is 32.0 Å². The molecule has 1 unspecified atom stereocenters. The average molecular weight is 544 g/mol. The molecule has 1 atom stereocenters. The Kier molecular flexibility index (Phi) is 9.22. The molecule has 0 aromatic carbocycles. The topological polar surface area (TPSA) is 262 Å². The van der Waals surface area contributed by atoms with E-state index in [2.05, 4.69) is 25.6 Å². The first-order chi connectivity index (χ1) is 16.8. The number of anilines is 2. The highest BCUT2D eigenvalue weighted by Crippen LogP contribution is 2.15. The normalized spacial score (nSPS) is 15.9. The van der Waals surface area contributed by atoms with Gasteiger partial charge in [0.15, 0.2) is 10.3 Å². The second-order valence-electron chi connectivity index (χ2n) is 7.21. The van der Waals surface area contributed by atoms with E-state index in [1.807, 2.05) is 0 Å². The Morgan fingerprint density at radius 3 is 1.89 bits per heavy atom. The van der Waals surface area contributed by atoms with Crippen molar-refractivity contribution in [2.75, 3.05) is 18.0 Å². The molecule has 0 spiro atoms. The molecular weight excluding hydrogens is 522 g/mol. The Hall–Kier alpha value is -4.32. The number of rotatable bonds is 9. The van der Waals surface area contributed by atoms with Gasteiger partial charge in [0.05, 0.1) is 0 Å². The minimum Gasteiger partial charge on any atom is -0.478 e. The number of nitrogens with one attached hydrogen (secondary N) is 1. The van der Waals surface area contributed by atoms with Gasteiger partial charge in [0, 0.05) is 23.7 Å². The molecule has 194 valence electrons. The largest absolute Gasteiger partial charge is 0.478 e. The van der Waals surface area contributed by atoms with Crippen molar-refractivity contribution in [3.8, 4) is 0 Å². The highest BCUT2D eigenvalue weighted by atomic mass is 32.1. The van der Waals surface area contributed by atoms with Crippen LogP contribution in [0.2, 0.25) is 0 Å². The van der Waals surface area contributed by atoms with Crippen molar-refractivity contribution in [3.63, 3.8) is 0 Å². The van der Waals surface area contributed by atoms with Gasteiger partial charge >= 0.3 is 17.9 Å². The number of aromatic nitrogens is 2. The number of oxime groups is 2. The minimum absolute atomic E-state index is 0.0196. The quantitative estimate of drug-likeness (QED) is 0.177. The average Bonchev–Trinajstić information content (AvgIpc) is 3.51. The number of nitrogens with two attached hydrogens (primary N) is 2. The Morgan fingerprint density at radius 2 is 1.53 bits per heavy atom. The summed E-state index contributed by atoms with van der Waals surface area (Å²) >= 11 is 2.14. The summed E-state index contributed by atoms with van der Waals surface area (Å²) in [5.41, 5.74) is 8.40. The van der Waals surface area contributed by atoms with E-state index in [1.165, 1.54) is 24.6 Å². The van der Waals surface area contributed by atoms with E-state index in [1.54, 1.807) is 0 Å². The summed E-state index contributed by atoms with van der Waals surface area (Å²) in [6.07, 6.45) is -0.302. The van der Waals surface area contributed by atoms with Gasteiger partial charge in [-0.05, 0) is 13.8 Å². The first kappa shape index (κ1) is 27.9. The summed E-state index contributed by atoms with van der Waals surface area (Å²) in [4.78, 5) is 61.1. The van der Waals surface area contributed by atoms with Crippen molar-refractivity contribution >= 4 is 68.2 Å². The van der Waals surface area contributed by atoms with Crippen LogP contribution in [-0.2, 0) is 28.9 Å². The maximum Gasteiger partial charge on any atom is 0.360 e. The molecule has 1 aliphatic heterocycles. The Bertz CT molecular complexity index is 1200. The molecule has 36 heavy (non-hydrogen) atoms. The van der Waals surface area contributed by atoms with Crippen LogP contribution in [-0.4, -0.2) is 78.8 Å². The van der Waals surface area contributed by atoms with Crippen LogP contribution in [0.5, 0.6) is 0 Å². The SMILES string of the molecule is CC(C)(ON=C(C(=O)O)c1csc(N)n1)C(=O)O.Nc1nc(C(=NOC2CCNC2=O)C(=O)O)cs1. The van der Waals surface area contributed by atoms with Gasteiger partial charge in [-0.1, -0.05) is 10.3 Å². The Balaban J connectivity index is 0.000000254. The van der Waals surface area contributed by atoms with Crippen molar-refractivity contribution in [1.82, 2.24) is 15.3 Å². The highest BCUT2D eigenvalue weighted by molar-refractivity contribution is 7.14. The monoisotopic (exact) mass is 543 g/mol. The van der Waals surface area contributed by atoms with Gasteiger partial charge in [-0.15, -0.1) is 22.7 Å². The van der Waals surface area contributed by atoms with E-state index < -0.39 is 35.3 Å². The minimum atomic E-state index is -1.64. The molecular formula is C18H21N7O9S2. The molecule has 3 rings (SSSR count). The molecule has 1 aliphatic rings. The number of amides is 1. The molecule has 2 aromatic rings. The van der Waals surface area contributed by atoms with Crippen LogP contribution in [0.3, 0.4) is 0 Å². The molecule has 2 aromatic heterocycles. The molecule has 0 radical (unpaired) electrons. The molecule has 1 fully saturated rings. The van der Waals surface area contributed by atoms with E-state index in [0.717, 1.165) is 22.7 Å². The lowest BCUT2D eigenvalue weighted by Crippen LogP contribution is -2.33. The van der Waals surface area contributed by atoms with Crippen molar-refractivity contribution in [2.24, 2.45) is 10.3 Å². The standard InChI is InChI=1S/C9H10N4O4S.C9H11N3O5S/c10-9-12-4(3-18-9)6(8(15)16)13-17-5-1-2-11-7(5)14;1-9(2,7(15)16)17-12-5(6(13)14)4-3-18-8(10)11-4/h3,5H,1-2H2,(H2,10,12)(H,11,14)(H,15,16);3H,1-2H3,(H2,10,11)(H,13,14)(H,15,16). The molecule has 3 heterocycles. The number of carbonyl (C=O) groups excluding carboxylic acids is 1. The maximum absolute atomic E-state index is 11.2. The number of nitrogens with zero attached hydrogens (tertiary/aromatic N) is 4. The van der Waals surface area contributed by atoms with E-state index in [4.69, 9.17) is 36.5 Å². The molecule has 8 N–H and O–H groups in total. The lowest BCUT2D eigenvalue weighted by Gasteiger charge is -2.16. The van der Waals surface area contributed by atoms with Crippen LogP contribution in [0.25, 0.3) is 0 Å². The number of hydrogen-bond acceptors (Lipinski definition) is 14. The fourth-order valence-electron chi connectivity index (χ4n) is 2.17. The molecule has 16 nitrogen and oxygen atoms in total. The van der Waals surface area contributed by atoms with Gasteiger partial charge in [-0.2, -0.15) is 0 Å². The van der Waals surface area contributed by atoms with Gasteiger partial charge in [0.2, 0.25) is 23.1 Å². The Labute approximate surface area is 210 Å². The third-order valence-electron chi connectivity index (χ3n) is 4.08. The number of carbonyl (C=O) groups is 4. The number of aliphatic carboxylic acids is 3. The first-order valence-corrected chi connectivity index (χ1v) is 11.5. The van der Waals surface area contributed by atoms with Crippen molar-refractivity contribution in [3.05, 3.63) is 22.1 Å². The molecule has 0 saturated carbocycles. The number of carboxylic acid groups (broad SMARTS) is 3. The summed E-state index contributed by atoms with van der Waals surface area (Å²) in [6.45, 7) is 2.98. The van der Waals surface area contributed by atoms with Crippen LogP contribution >= 0.6 is 22.7 Å². The highest BCUT2D eigenvalue weighted by Gasteiger charge is 2.31. The lowest BCUT2D eigenvalue weighted by molar-refractivity contribution is -0.161. The zero-order chi connectivity index (χ0) is 27.0. The molecule has 0 aliphatic carbocycles. The summed E-state index contributed by atoms with van der Waals surface area (Å²) in [5, 5.41) is 39.3. The second kappa shape index (κ2) is 11.9.